The molecule has 0 aromatic rings. The number of nitrogens with two attached hydrogens (primary N) is 1. The van der Waals surface area contributed by atoms with E-state index in [4.69, 9.17) is 5.73 Å². The molecule has 4 atom stereocenters. The molecule has 1 heterocycles. The van der Waals surface area contributed by atoms with Gasteiger partial charge in [-0.3, -0.25) is 9.69 Å². The third kappa shape index (κ3) is 3.93. The van der Waals surface area contributed by atoms with Gasteiger partial charge in [0.25, 0.3) is 0 Å². The number of hydrogen-bond donors (Lipinski definition) is 2. The van der Waals surface area contributed by atoms with E-state index >= 15 is 0 Å². The maximum Gasteiger partial charge on any atom is 0.223 e. The summed E-state index contributed by atoms with van der Waals surface area (Å²) in [6, 6.07) is 0.668. The van der Waals surface area contributed by atoms with Crippen molar-refractivity contribution in [2.75, 3.05) is 19.6 Å². The fourth-order valence-electron chi connectivity index (χ4n) is 3.41. The Morgan fingerprint density at radius 2 is 2.05 bits per heavy atom. The average Bonchev–Trinajstić information content (AvgIpc) is 2.92. The molecule has 2 fully saturated rings. The van der Waals surface area contributed by atoms with E-state index in [9.17, 15) is 4.79 Å². The van der Waals surface area contributed by atoms with Crippen LogP contribution >= 0.6 is 0 Å². The van der Waals surface area contributed by atoms with Crippen molar-refractivity contribution in [3.63, 3.8) is 0 Å². The SMILES string of the molecule is CC1CCC(N)CC1C(=O)NCC(C)N1CCCC1. The zero-order valence-electron chi connectivity index (χ0n) is 12.4. The van der Waals surface area contributed by atoms with Gasteiger partial charge in [-0.25, -0.2) is 0 Å². The fraction of sp³-hybridized carbons (Fsp3) is 0.933. The van der Waals surface area contributed by atoms with Crippen LogP contribution < -0.4 is 11.1 Å². The Morgan fingerprint density at radius 1 is 1.37 bits per heavy atom. The van der Waals surface area contributed by atoms with E-state index in [1.165, 1.54) is 25.9 Å². The first-order chi connectivity index (χ1) is 9.08. The molecule has 1 saturated heterocycles. The summed E-state index contributed by atoms with van der Waals surface area (Å²) < 4.78 is 0. The molecule has 1 amide bonds. The highest BCUT2D eigenvalue weighted by molar-refractivity contribution is 5.79. The van der Waals surface area contributed by atoms with Gasteiger partial charge in [0.15, 0.2) is 0 Å². The van der Waals surface area contributed by atoms with Gasteiger partial charge < -0.3 is 11.1 Å². The Kier molecular flexibility index (Phi) is 5.22. The average molecular weight is 267 g/mol. The number of nitrogens with zero attached hydrogens (tertiary/aromatic N) is 1. The lowest BCUT2D eigenvalue weighted by atomic mass is 9.77. The number of carbonyl (C=O) groups excluding carboxylic acids is 1. The van der Waals surface area contributed by atoms with Crippen LogP contribution in [0.15, 0.2) is 0 Å². The van der Waals surface area contributed by atoms with Gasteiger partial charge in [0, 0.05) is 24.5 Å². The smallest absolute Gasteiger partial charge is 0.223 e. The highest BCUT2D eigenvalue weighted by Crippen LogP contribution is 2.29. The minimum absolute atomic E-state index is 0.120. The molecule has 0 aromatic carbocycles. The van der Waals surface area contributed by atoms with Crippen molar-refractivity contribution in [3.05, 3.63) is 0 Å². The highest BCUT2D eigenvalue weighted by atomic mass is 16.1. The van der Waals surface area contributed by atoms with Crippen molar-refractivity contribution in [3.8, 4) is 0 Å². The van der Waals surface area contributed by atoms with Gasteiger partial charge in [0.2, 0.25) is 5.91 Å². The molecular formula is C15H29N3O. The lowest BCUT2D eigenvalue weighted by Crippen LogP contribution is -2.46. The number of nitrogens with one attached hydrogen (secondary N) is 1. The summed E-state index contributed by atoms with van der Waals surface area (Å²) in [6.45, 7) is 7.53. The minimum atomic E-state index is 0.120. The Balaban J connectivity index is 1.76. The number of likely N-dealkylation sites (tertiary alicyclic amines) is 1. The third-order valence-electron chi connectivity index (χ3n) is 4.91. The molecule has 110 valence electrons. The van der Waals surface area contributed by atoms with Gasteiger partial charge in [-0.1, -0.05) is 6.92 Å². The fourth-order valence-corrected chi connectivity index (χ4v) is 3.41. The van der Waals surface area contributed by atoms with Crippen LogP contribution in [0.25, 0.3) is 0 Å². The summed E-state index contributed by atoms with van der Waals surface area (Å²) in [7, 11) is 0. The summed E-state index contributed by atoms with van der Waals surface area (Å²) in [4.78, 5) is 14.8. The Morgan fingerprint density at radius 3 is 2.74 bits per heavy atom. The Bertz CT molecular complexity index is 302. The number of rotatable bonds is 4. The van der Waals surface area contributed by atoms with Gasteiger partial charge in [0.1, 0.15) is 0 Å². The summed E-state index contributed by atoms with van der Waals surface area (Å²) >= 11 is 0. The van der Waals surface area contributed by atoms with Crippen molar-refractivity contribution >= 4 is 5.91 Å². The first-order valence-electron chi connectivity index (χ1n) is 7.85. The number of amides is 1. The maximum absolute atomic E-state index is 12.3. The normalized spacial score (nSPS) is 34.2. The molecule has 1 saturated carbocycles. The molecule has 4 heteroatoms. The molecule has 3 N–H and O–H groups in total. The zero-order chi connectivity index (χ0) is 13.8. The first-order valence-corrected chi connectivity index (χ1v) is 7.85. The second kappa shape index (κ2) is 6.71. The number of carbonyl (C=O) groups is 1. The van der Waals surface area contributed by atoms with E-state index in [0.29, 0.717) is 12.0 Å². The first kappa shape index (κ1) is 14.8. The number of hydrogen-bond acceptors (Lipinski definition) is 3. The molecule has 1 aliphatic heterocycles. The molecule has 19 heavy (non-hydrogen) atoms. The van der Waals surface area contributed by atoms with Crippen LogP contribution in [0.2, 0.25) is 0 Å². The summed E-state index contributed by atoms with van der Waals surface area (Å²) in [5.74, 6) is 0.810. The van der Waals surface area contributed by atoms with E-state index in [1.807, 2.05) is 0 Å². The van der Waals surface area contributed by atoms with Crippen molar-refractivity contribution < 1.29 is 4.79 Å². The van der Waals surface area contributed by atoms with E-state index in [0.717, 1.165) is 25.8 Å². The predicted molar refractivity (Wildman–Crippen MR) is 77.8 cm³/mol. The van der Waals surface area contributed by atoms with E-state index in [2.05, 4.69) is 24.1 Å². The predicted octanol–water partition coefficient (Wildman–Crippen LogP) is 1.35. The maximum atomic E-state index is 12.3. The van der Waals surface area contributed by atoms with Crippen molar-refractivity contribution in [1.29, 1.82) is 0 Å². The van der Waals surface area contributed by atoms with Crippen LogP contribution in [0.5, 0.6) is 0 Å². The summed E-state index contributed by atoms with van der Waals surface area (Å²) in [5.41, 5.74) is 5.99. The van der Waals surface area contributed by atoms with Crippen LogP contribution in [0.4, 0.5) is 0 Å². The van der Waals surface area contributed by atoms with Gasteiger partial charge >= 0.3 is 0 Å². The van der Waals surface area contributed by atoms with Gasteiger partial charge in [-0.2, -0.15) is 0 Å². The van der Waals surface area contributed by atoms with E-state index in [-0.39, 0.29) is 17.9 Å². The topological polar surface area (TPSA) is 58.4 Å². The van der Waals surface area contributed by atoms with Crippen LogP contribution in [0, 0.1) is 11.8 Å². The van der Waals surface area contributed by atoms with Crippen molar-refractivity contribution in [2.24, 2.45) is 17.6 Å². The molecular weight excluding hydrogens is 238 g/mol. The molecule has 2 rings (SSSR count). The summed E-state index contributed by atoms with van der Waals surface area (Å²) in [5, 5.41) is 3.14. The Labute approximate surface area is 117 Å². The zero-order valence-corrected chi connectivity index (χ0v) is 12.4. The molecule has 1 aliphatic carbocycles. The van der Waals surface area contributed by atoms with E-state index in [1.54, 1.807) is 0 Å². The quantitative estimate of drug-likeness (QED) is 0.808. The van der Waals surface area contributed by atoms with Crippen LogP contribution in [0.1, 0.15) is 46.0 Å². The van der Waals surface area contributed by atoms with Crippen LogP contribution in [0.3, 0.4) is 0 Å². The minimum Gasteiger partial charge on any atom is -0.354 e. The standard InChI is InChI=1S/C15H29N3O/c1-11-5-6-13(16)9-14(11)15(19)17-10-12(2)18-7-3-4-8-18/h11-14H,3-10,16H2,1-2H3,(H,17,19). The van der Waals surface area contributed by atoms with Crippen LogP contribution in [-0.2, 0) is 4.79 Å². The largest absolute Gasteiger partial charge is 0.354 e. The third-order valence-corrected chi connectivity index (χ3v) is 4.91. The molecule has 4 nitrogen and oxygen atoms in total. The second-order valence-electron chi connectivity index (χ2n) is 6.49. The molecule has 0 spiro atoms. The monoisotopic (exact) mass is 267 g/mol. The van der Waals surface area contributed by atoms with Crippen LogP contribution in [-0.4, -0.2) is 42.5 Å². The molecule has 4 unspecified atom stereocenters. The lowest BCUT2D eigenvalue weighted by Gasteiger charge is -2.32. The highest BCUT2D eigenvalue weighted by Gasteiger charge is 2.31. The molecule has 2 aliphatic rings. The van der Waals surface area contributed by atoms with Gasteiger partial charge in [-0.15, -0.1) is 0 Å². The summed E-state index contributed by atoms with van der Waals surface area (Å²) in [6.07, 6.45) is 5.60. The molecule has 0 bridgehead atoms. The van der Waals surface area contributed by atoms with Gasteiger partial charge in [-0.05, 0) is 58.0 Å². The molecule has 0 radical (unpaired) electrons. The van der Waals surface area contributed by atoms with Crippen molar-refractivity contribution in [1.82, 2.24) is 10.2 Å². The second-order valence-corrected chi connectivity index (χ2v) is 6.49. The van der Waals surface area contributed by atoms with E-state index < -0.39 is 0 Å². The van der Waals surface area contributed by atoms with Gasteiger partial charge in [0.05, 0.1) is 0 Å². The lowest BCUT2D eigenvalue weighted by molar-refractivity contribution is -0.127. The molecule has 0 aromatic heterocycles. The Hall–Kier alpha value is -0.610. The van der Waals surface area contributed by atoms with Crippen molar-refractivity contribution in [2.45, 2.75) is 58.0 Å².